The number of nitrogens with one attached hydrogen (secondary N) is 1. The molecule has 3 rings (SSSR count). The summed E-state index contributed by atoms with van der Waals surface area (Å²) in [6.07, 6.45) is 9.77. The second-order valence-corrected chi connectivity index (χ2v) is 6.31. The Hall–Kier alpha value is -1.36. The van der Waals surface area contributed by atoms with Gasteiger partial charge in [-0.2, -0.15) is 0 Å². The Kier molecular flexibility index (Phi) is 3.78. The molecular formula is C15H23N3O2. The quantitative estimate of drug-likeness (QED) is 0.870. The van der Waals surface area contributed by atoms with Crippen molar-refractivity contribution in [2.75, 3.05) is 6.54 Å². The Morgan fingerprint density at radius 1 is 1.50 bits per heavy atom. The summed E-state index contributed by atoms with van der Waals surface area (Å²) in [5.41, 5.74) is -0.742. The molecule has 0 radical (unpaired) electrons. The van der Waals surface area contributed by atoms with Gasteiger partial charge in [0.2, 0.25) is 5.91 Å². The van der Waals surface area contributed by atoms with Crippen LogP contribution in [0.15, 0.2) is 12.4 Å². The van der Waals surface area contributed by atoms with E-state index in [1.165, 1.54) is 0 Å². The third-order valence-corrected chi connectivity index (χ3v) is 4.64. The summed E-state index contributed by atoms with van der Waals surface area (Å²) in [5.74, 6) is 1.61. The molecule has 1 aromatic heterocycles. The number of aliphatic hydroxyl groups is 1. The zero-order valence-electron chi connectivity index (χ0n) is 11.8. The first-order valence-corrected chi connectivity index (χ1v) is 7.64. The molecule has 0 spiro atoms. The first kappa shape index (κ1) is 13.6. The van der Waals surface area contributed by atoms with Gasteiger partial charge in [0.15, 0.2) is 0 Å². The van der Waals surface area contributed by atoms with Crippen molar-refractivity contribution < 1.29 is 9.90 Å². The maximum absolute atomic E-state index is 12.0. The normalized spacial score (nSPS) is 24.4. The number of fused-ring (bicyclic) bond motifs is 1. The van der Waals surface area contributed by atoms with E-state index < -0.39 is 5.60 Å². The van der Waals surface area contributed by atoms with Crippen LogP contribution >= 0.6 is 0 Å². The predicted molar refractivity (Wildman–Crippen MR) is 75.1 cm³/mol. The molecule has 1 aliphatic carbocycles. The molecule has 20 heavy (non-hydrogen) atoms. The number of rotatable bonds is 4. The summed E-state index contributed by atoms with van der Waals surface area (Å²) in [7, 11) is 0. The van der Waals surface area contributed by atoms with Crippen LogP contribution in [0.1, 0.15) is 44.3 Å². The molecule has 5 heteroatoms. The number of nitrogens with zero attached hydrogens (tertiary/aromatic N) is 2. The molecular weight excluding hydrogens is 254 g/mol. The fourth-order valence-electron chi connectivity index (χ4n) is 3.43. The second-order valence-electron chi connectivity index (χ2n) is 6.31. The Bertz CT molecular complexity index is 477. The van der Waals surface area contributed by atoms with Crippen molar-refractivity contribution in [3.63, 3.8) is 0 Å². The van der Waals surface area contributed by atoms with Crippen LogP contribution in [0.2, 0.25) is 0 Å². The van der Waals surface area contributed by atoms with Crippen molar-refractivity contribution in [2.45, 2.75) is 57.1 Å². The van der Waals surface area contributed by atoms with Crippen molar-refractivity contribution in [1.29, 1.82) is 0 Å². The minimum absolute atomic E-state index is 0.00849. The highest BCUT2D eigenvalue weighted by atomic mass is 16.3. The van der Waals surface area contributed by atoms with Gasteiger partial charge in [-0.25, -0.2) is 4.98 Å². The zero-order valence-corrected chi connectivity index (χ0v) is 11.8. The molecule has 2 aliphatic rings. The van der Waals surface area contributed by atoms with Gasteiger partial charge in [-0.15, -0.1) is 0 Å². The average Bonchev–Trinajstić information content (AvgIpc) is 3.04. The van der Waals surface area contributed by atoms with Gasteiger partial charge >= 0.3 is 0 Å². The Morgan fingerprint density at radius 3 is 3.10 bits per heavy atom. The average molecular weight is 277 g/mol. The SMILES string of the molecule is O=C(CC1(O)CCCC1)NCC1CCc2nccn2C1. The van der Waals surface area contributed by atoms with Crippen molar-refractivity contribution in [3.8, 4) is 0 Å². The Balaban J connectivity index is 1.44. The van der Waals surface area contributed by atoms with E-state index in [1.54, 1.807) is 0 Å². The minimum atomic E-state index is -0.742. The molecule has 0 aromatic carbocycles. The van der Waals surface area contributed by atoms with Crippen LogP contribution in [0, 0.1) is 5.92 Å². The second kappa shape index (κ2) is 5.56. The molecule has 1 unspecified atom stereocenters. The number of carbonyl (C=O) groups is 1. The van der Waals surface area contributed by atoms with Crippen molar-refractivity contribution in [3.05, 3.63) is 18.2 Å². The van der Waals surface area contributed by atoms with Gasteiger partial charge in [0.1, 0.15) is 5.82 Å². The third-order valence-electron chi connectivity index (χ3n) is 4.64. The predicted octanol–water partition coefficient (Wildman–Crippen LogP) is 1.26. The van der Waals surface area contributed by atoms with Gasteiger partial charge in [-0.3, -0.25) is 4.79 Å². The summed E-state index contributed by atoms with van der Waals surface area (Å²) in [6.45, 7) is 1.63. The minimum Gasteiger partial charge on any atom is -0.389 e. The number of aromatic nitrogens is 2. The van der Waals surface area contributed by atoms with E-state index in [-0.39, 0.29) is 12.3 Å². The molecule has 1 amide bonds. The molecule has 1 fully saturated rings. The summed E-state index contributed by atoms with van der Waals surface area (Å²) in [5, 5.41) is 13.2. The molecule has 1 aromatic rings. The van der Waals surface area contributed by atoms with Crippen LogP contribution in [0.3, 0.4) is 0 Å². The Labute approximate surface area is 119 Å². The molecule has 0 bridgehead atoms. The molecule has 1 aliphatic heterocycles. The molecule has 5 nitrogen and oxygen atoms in total. The lowest BCUT2D eigenvalue weighted by Crippen LogP contribution is -2.38. The van der Waals surface area contributed by atoms with Crippen LogP contribution in [0.4, 0.5) is 0 Å². The van der Waals surface area contributed by atoms with E-state index in [0.717, 1.165) is 50.9 Å². The topological polar surface area (TPSA) is 67.2 Å². The van der Waals surface area contributed by atoms with Crippen molar-refractivity contribution >= 4 is 5.91 Å². The molecule has 1 saturated carbocycles. The van der Waals surface area contributed by atoms with Gasteiger partial charge in [-0.05, 0) is 25.2 Å². The fraction of sp³-hybridized carbons (Fsp3) is 0.733. The highest BCUT2D eigenvalue weighted by Gasteiger charge is 2.33. The number of amides is 1. The summed E-state index contributed by atoms with van der Waals surface area (Å²) in [6, 6.07) is 0. The smallest absolute Gasteiger partial charge is 0.222 e. The van der Waals surface area contributed by atoms with E-state index in [0.29, 0.717) is 12.5 Å². The molecule has 2 N–H and O–H groups in total. The van der Waals surface area contributed by atoms with E-state index >= 15 is 0 Å². The number of hydrogen-bond acceptors (Lipinski definition) is 3. The van der Waals surface area contributed by atoms with Crippen molar-refractivity contribution in [2.24, 2.45) is 5.92 Å². The van der Waals surface area contributed by atoms with Crippen LogP contribution in [0.5, 0.6) is 0 Å². The standard InChI is InChI=1S/C15H23N3O2/c19-14(9-15(20)5-1-2-6-15)17-10-12-3-4-13-16-7-8-18(13)11-12/h7-8,12,20H,1-6,9-11H2,(H,17,19). The lowest BCUT2D eigenvalue weighted by molar-refractivity contribution is -0.126. The maximum Gasteiger partial charge on any atom is 0.222 e. The highest BCUT2D eigenvalue weighted by Crippen LogP contribution is 2.32. The van der Waals surface area contributed by atoms with Crippen molar-refractivity contribution in [1.82, 2.24) is 14.9 Å². The number of carbonyl (C=O) groups excluding carboxylic acids is 1. The summed E-state index contributed by atoms with van der Waals surface area (Å²) < 4.78 is 2.17. The van der Waals surface area contributed by atoms with Crippen LogP contribution in [-0.2, 0) is 17.8 Å². The monoisotopic (exact) mass is 277 g/mol. The van der Waals surface area contributed by atoms with Gasteiger partial charge in [0.05, 0.1) is 12.0 Å². The van der Waals surface area contributed by atoms with Crippen LogP contribution in [-0.4, -0.2) is 32.7 Å². The Morgan fingerprint density at radius 2 is 2.30 bits per heavy atom. The number of hydrogen-bond donors (Lipinski definition) is 2. The van der Waals surface area contributed by atoms with Gasteiger partial charge in [0.25, 0.3) is 0 Å². The van der Waals surface area contributed by atoms with E-state index in [4.69, 9.17) is 0 Å². The first-order valence-electron chi connectivity index (χ1n) is 7.64. The lowest BCUT2D eigenvalue weighted by atomic mass is 9.96. The largest absolute Gasteiger partial charge is 0.389 e. The van der Waals surface area contributed by atoms with Crippen LogP contribution in [0.25, 0.3) is 0 Å². The van der Waals surface area contributed by atoms with Gasteiger partial charge in [-0.1, -0.05) is 12.8 Å². The molecule has 110 valence electrons. The highest BCUT2D eigenvalue weighted by molar-refractivity contribution is 5.77. The van der Waals surface area contributed by atoms with Gasteiger partial charge in [0, 0.05) is 31.9 Å². The molecule has 2 heterocycles. The van der Waals surface area contributed by atoms with E-state index in [1.807, 2.05) is 12.4 Å². The lowest BCUT2D eigenvalue weighted by Gasteiger charge is -2.25. The zero-order chi connectivity index (χ0) is 14.0. The van der Waals surface area contributed by atoms with E-state index in [9.17, 15) is 9.90 Å². The van der Waals surface area contributed by atoms with Gasteiger partial charge < -0.3 is 15.0 Å². The van der Waals surface area contributed by atoms with E-state index in [2.05, 4.69) is 14.9 Å². The molecule has 1 atom stereocenters. The summed E-state index contributed by atoms with van der Waals surface area (Å²) in [4.78, 5) is 16.3. The summed E-state index contributed by atoms with van der Waals surface area (Å²) >= 11 is 0. The first-order chi connectivity index (χ1) is 9.65. The third kappa shape index (κ3) is 3.03. The van der Waals surface area contributed by atoms with Crippen LogP contribution < -0.4 is 5.32 Å². The molecule has 0 saturated heterocycles. The number of imidazole rings is 1. The maximum atomic E-state index is 12.0. The number of aryl methyl sites for hydroxylation is 1. The fourth-order valence-corrected chi connectivity index (χ4v) is 3.43.